The molecule has 16 heavy (non-hydrogen) atoms. The van der Waals surface area contributed by atoms with Gasteiger partial charge in [-0.1, -0.05) is 0 Å². The lowest BCUT2D eigenvalue weighted by atomic mass is 10.1. The zero-order chi connectivity index (χ0) is 11.8. The van der Waals surface area contributed by atoms with E-state index in [0.29, 0.717) is 0 Å². The van der Waals surface area contributed by atoms with E-state index in [1.165, 1.54) is 0 Å². The predicted octanol–water partition coefficient (Wildman–Crippen LogP) is 2.71. The van der Waals surface area contributed by atoms with Gasteiger partial charge in [-0.25, -0.2) is 0 Å². The number of benzene rings is 1. The Bertz CT molecular complexity index is 369. The van der Waals surface area contributed by atoms with Crippen molar-refractivity contribution in [3.63, 3.8) is 0 Å². The topological polar surface area (TPSA) is 45.0 Å². The zero-order valence-corrected chi connectivity index (χ0v) is 9.92. The molecule has 0 aliphatic heterocycles. The minimum Gasteiger partial charge on any atom is -0.385 e. The lowest BCUT2D eigenvalue weighted by Gasteiger charge is -2.07. The molecular weight excluding hydrogens is 200 g/mol. The van der Waals surface area contributed by atoms with Crippen molar-refractivity contribution < 1.29 is 4.74 Å². The van der Waals surface area contributed by atoms with Crippen LogP contribution in [0.15, 0.2) is 18.2 Å². The van der Waals surface area contributed by atoms with Gasteiger partial charge in [-0.3, -0.25) is 0 Å². The van der Waals surface area contributed by atoms with Gasteiger partial charge in [-0.05, 0) is 44.0 Å². The number of hydrogen-bond acceptors (Lipinski definition) is 3. The lowest BCUT2D eigenvalue weighted by Crippen LogP contribution is -2.05. The maximum atomic E-state index is 8.80. The minimum atomic E-state index is 0.736. The van der Waals surface area contributed by atoms with Crippen molar-refractivity contribution in [3.05, 3.63) is 29.3 Å². The molecule has 0 radical (unpaired) electrons. The quantitative estimate of drug-likeness (QED) is 0.747. The fourth-order valence-electron chi connectivity index (χ4n) is 1.45. The monoisotopic (exact) mass is 218 g/mol. The molecule has 0 atom stereocenters. The molecule has 3 nitrogen and oxygen atoms in total. The summed E-state index contributed by atoms with van der Waals surface area (Å²) in [4.78, 5) is 0. The van der Waals surface area contributed by atoms with Gasteiger partial charge in [0, 0.05) is 25.4 Å². The Morgan fingerprint density at radius 2 is 2.25 bits per heavy atom. The molecule has 1 rings (SSSR count). The molecule has 86 valence electrons. The highest BCUT2D eigenvalue weighted by Gasteiger charge is 1.98. The predicted molar refractivity (Wildman–Crippen MR) is 65.5 cm³/mol. The van der Waals surface area contributed by atoms with Crippen LogP contribution >= 0.6 is 0 Å². The molecule has 1 aromatic rings. The smallest absolute Gasteiger partial charge is 0.0994 e. The van der Waals surface area contributed by atoms with Gasteiger partial charge in [0.15, 0.2) is 0 Å². The Balaban J connectivity index is 2.38. The van der Waals surface area contributed by atoms with Crippen molar-refractivity contribution in [1.82, 2.24) is 0 Å². The summed E-state index contributed by atoms with van der Waals surface area (Å²) in [6.07, 6.45) is 0.993. The number of ether oxygens (including phenoxy) is 1. The second-order valence-electron chi connectivity index (χ2n) is 3.62. The molecule has 1 N–H and O–H groups in total. The van der Waals surface area contributed by atoms with Crippen LogP contribution in [0.5, 0.6) is 0 Å². The number of aryl methyl sites for hydroxylation is 1. The summed E-state index contributed by atoms with van der Waals surface area (Å²) in [5.41, 5.74) is 2.81. The third-order valence-corrected chi connectivity index (χ3v) is 2.35. The normalized spacial score (nSPS) is 9.81. The summed E-state index contributed by atoms with van der Waals surface area (Å²) < 4.78 is 5.25. The molecule has 0 aromatic heterocycles. The Morgan fingerprint density at radius 3 is 2.88 bits per heavy atom. The lowest BCUT2D eigenvalue weighted by molar-refractivity contribution is 0.147. The van der Waals surface area contributed by atoms with Gasteiger partial charge < -0.3 is 10.1 Å². The van der Waals surface area contributed by atoms with Crippen molar-refractivity contribution in [3.8, 4) is 6.07 Å². The van der Waals surface area contributed by atoms with Gasteiger partial charge in [-0.15, -0.1) is 0 Å². The number of hydrogen-bond donors (Lipinski definition) is 1. The van der Waals surface area contributed by atoms with Crippen LogP contribution in [0.3, 0.4) is 0 Å². The average Bonchev–Trinajstić information content (AvgIpc) is 2.29. The SMILES string of the molecule is CCOCCCNc1ccc(C#N)c(C)c1. The van der Waals surface area contributed by atoms with Gasteiger partial charge >= 0.3 is 0 Å². The largest absolute Gasteiger partial charge is 0.385 e. The highest BCUT2D eigenvalue weighted by molar-refractivity contribution is 5.51. The standard InChI is InChI=1S/C13H18N2O/c1-3-16-8-4-7-15-13-6-5-12(10-14)11(2)9-13/h5-6,9,15H,3-4,7-8H2,1-2H3. The van der Waals surface area contributed by atoms with Gasteiger partial charge in [0.25, 0.3) is 0 Å². The third-order valence-electron chi connectivity index (χ3n) is 2.35. The Labute approximate surface area is 97.0 Å². The fourth-order valence-corrected chi connectivity index (χ4v) is 1.45. The Kier molecular flexibility index (Phi) is 5.38. The maximum Gasteiger partial charge on any atom is 0.0994 e. The second-order valence-corrected chi connectivity index (χ2v) is 3.62. The van der Waals surface area contributed by atoms with Gasteiger partial charge in [-0.2, -0.15) is 5.26 Å². The van der Waals surface area contributed by atoms with E-state index in [4.69, 9.17) is 10.00 Å². The molecule has 0 aliphatic carbocycles. The van der Waals surface area contributed by atoms with Crippen LogP contribution in [0.4, 0.5) is 5.69 Å². The van der Waals surface area contributed by atoms with Crippen molar-refractivity contribution in [2.45, 2.75) is 20.3 Å². The molecule has 0 saturated heterocycles. The number of rotatable bonds is 6. The van der Waals surface area contributed by atoms with E-state index < -0.39 is 0 Å². The van der Waals surface area contributed by atoms with E-state index in [9.17, 15) is 0 Å². The van der Waals surface area contributed by atoms with E-state index in [1.54, 1.807) is 0 Å². The van der Waals surface area contributed by atoms with Crippen molar-refractivity contribution in [2.24, 2.45) is 0 Å². The molecule has 3 heteroatoms. The van der Waals surface area contributed by atoms with Crippen molar-refractivity contribution >= 4 is 5.69 Å². The molecular formula is C13H18N2O. The molecule has 0 aliphatic rings. The van der Waals surface area contributed by atoms with Crippen LogP contribution in [0.1, 0.15) is 24.5 Å². The van der Waals surface area contributed by atoms with Gasteiger partial charge in [0.1, 0.15) is 0 Å². The van der Waals surface area contributed by atoms with Crippen LogP contribution in [0.2, 0.25) is 0 Å². The molecule has 0 bridgehead atoms. The molecule has 0 heterocycles. The number of nitrogens with one attached hydrogen (secondary N) is 1. The van der Waals surface area contributed by atoms with Crippen LogP contribution < -0.4 is 5.32 Å². The molecule has 0 amide bonds. The van der Waals surface area contributed by atoms with Crippen LogP contribution in [0, 0.1) is 18.3 Å². The second kappa shape index (κ2) is 6.86. The summed E-state index contributed by atoms with van der Waals surface area (Å²) in [5.74, 6) is 0. The van der Waals surface area contributed by atoms with Crippen LogP contribution in [-0.4, -0.2) is 19.8 Å². The number of anilines is 1. The van der Waals surface area contributed by atoms with E-state index >= 15 is 0 Å². The Hall–Kier alpha value is -1.53. The molecule has 0 saturated carbocycles. The highest BCUT2D eigenvalue weighted by Crippen LogP contribution is 2.14. The first kappa shape index (κ1) is 12.5. The summed E-state index contributed by atoms with van der Waals surface area (Å²) in [6, 6.07) is 7.94. The van der Waals surface area contributed by atoms with Crippen LogP contribution in [-0.2, 0) is 4.74 Å². The molecule has 0 spiro atoms. The van der Waals surface area contributed by atoms with Gasteiger partial charge in [0.2, 0.25) is 0 Å². The minimum absolute atomic E-state index is 0.736. The zero-order valence-electron chi connectivity index (χ0n) is 9.92. The Morgan fingerprint density at radius 1 is 1.44 bits per heavy atom. The highest BCUT2D eigenvalue weighted by atomic mass is 16.5. The first-order valence-electron chi connectivity index (χ1n) is 5.60. The van der Waals surface area contributed by atoms with E-state index in [1.807, 2.05) is 32.0 Å². The van der Waals surface area contributed by atoms with E-state index in [-0.39, 0.29) is 0 Å². The first-order chi connectivity index (χ1) is 7.77. The first-order valence-corrected chi connectivity index (χ1v) is 5.60. The van der Waals surface area contributed by atoms with Gasteiger partial charge in [0.05, 0.1) is 11.6 Å². The maximum absolute atomic E-state index is 8.80. The fraction of sp³-hybridized carbons (Fsp3) is 0.462. The van der Waals surface area contributed by atoms with Crippen molar-refractivity contribution in [1.29, 1.82) is 5.26 Å². The summed E-state index contributed by atoms with van der Waals surface area (Å²) in [6.45, 7) is 6.40. The average molecular weight is 218 g/mol. The van der Waals surface area contributed by atoms with E-state index in [0.717, 1.165) is 43.0 Å². The summed E-state index contributed by atoms with van der Waals surface area (Å²) >= 11 is 0. The molecule has 0 fully saturated rings. The number of nitriles is 1. The van der Waals surface area contributed by atoms with E-state index in [2.05, 4.69) is 11.4 Å². The summed E-state index contributed by atoms with van der Waals surface area (Å²) in [7, 11) is 0. The number of nitrogens with zero attached hydrogens (tertiary/aromatic N) is 1. The van der Waals surface area contributed by atoms with Crippen LogP contribution in [0.25, 0.3) is 0 Å². The summed E-state index contributed by atoms with van der Waals surface area (Å²) in [5, 5.41) is 12.1. The van der Waals surface area contributed by atoms with Crippen molar-refractivity contribution in [2.75, 3.05) is 25.1 Å². The molecule has 0 unspecified atom stereocenters. The molecule has 1 aromatic carbocycles. The third kappa shape index (κ3) is 3.92.